The van der Waals surface area contributed by atoms with E-state index in [1.165, 1.54) is 19.9 Å². The van der Waals surface area contributed by atoms with Crippen LogP contribution in [0.25, 0.3) is 0 Å². The van der Waals surface area contributed by atoms with Gasteiger partial charge in [-0.3, -0.25) is 4.79 Å². The van der Waals surface area contributed by atoms with Crippen LogP contribution in [0.3, 0.4) is 0 Å². The summed E-state index contributed by atoms with van der Waals surface area (Å²) >= 11 is 0. The summed E-state index contributed by atoms with van der Waals surface area (Å²) in [5.74, 6) is -4.67. The topological polar surface area (TPSA) is 37.3 Å². The van der Waals surface area contributed by atoms with Crippen molar-refractivity contribution in [2.24, 2.45) is 5.92 Å². The quantitative estimate of drug-likeness (QED) is 0.686. The summed E-state index contributed by atoms with van der Waals surface area (Å²) in [6.07, 6.45) is 5.96. The summed E-state index contributed by atoms with van der Waals surface area (Å²) in [5, 5.41) is 8.68. The molecule has 0 saturated heterocycles. The minimum atomic E-state index is -1.12. The summed E-state index contributed by atoms with van der Waals surface area (Å²) in [4.78, 5) is 10.6. The number of aliphatic carboxylic acids is 1. The van der Waals surface area contributed by atoms with E-state index in [-0.39, 0.29) is 5.57 Å². The SMILES string of the molecule is C/C=C/C=C(F)\C(C(\C)=C(F)\C=C/C(C)C(=O)O)=C(/C)F. The Morgan fingerprint density at radius 3 is 2.19 bits per heavy atom. The Kier molecular flexibility index (Phi) is 8.12. The third-order valence-electron chi connectivity index (χ3n) is 2.67. The molecule has 1 atom stereocenters. The van der Waals surface area contributed by atoms with Gasteiger partial charge in [0.25, 0.3) is 0 Å². The van der Waals surface area contributed by atoms with Crippen molar-refractivity contribution in [3.05, 3.63) is 59.0 Å². The van der Waals surface area contributed by atoms with E-state index in [0.717, 1.165) is 25.2 Å². The van der Waals surface area contributed by atoms with Crippen molar-refractivity contribution in [3.63, 3.8) is 0 Å². The zero-order valence-electron chi connectivity index (χ0n) is 12.5. The molecule has 21 heavy (non-hydrogen) atoms. The van der Waals surface area contributed by atoms with Gasteiger partial charge in [-0.05, 0) is 45.4 Å². The monoisotopic (exact) mass is 300 g/mol. The number of halogens is 3. The normalized spacial score (nSPS) is 17.0. The molecule has 1 N–H and O–H groups in total. The van der Waals surface area contributed by atoms with Gasteiger partial charge < -0.3 is 5.11 Å². The predicted octanol–water partition coefficient (Wildman–Crippen LogP) is 5.18. The fraction of sp³-hybridized carbons (Fsp3) is 0.312. The maximum Gasteiger partial charge on any atom is 0.310 e. The molecular formula is C16H19F3O2. The molecule has 0 bridgehead atoms. The molecule has 5 heteroatoms. The first-order valence-electron chi connectivity index (χ1n) is 6.35. The van der Waals surface area contributed by atoms with Gasteiger partial charge in [0.15, 0.2) is 0 Å². The molecule has 0 rings (SSSR count). The van der Waals surface area contributed by atoms with E-state index in [4.69, 9.17) is 5.11 Å². The second-order valence-corrected chi connectivity index (χ2v) is 4.41. The Balaban J connectivity index is 5.60. The average molecular weight is 300 g/mol. The first-order chi connectivity index (χ1) is 9.72. The molecule has 0 aliphatic carbocycles. The van der Waals surface area contributed by atoms with Crippen LogP contribution in [0.4, 0.5) is 13.2 Å². The minimum absolute atomic E-state index is 0.234. The lowest BCUT2D eigenvalue weighted by Crippen LogP contribution is -2.05. The largest absolute Gasteiger partial charge is 0.481 e. The smallest absolute Gasteiger partial charge is 0.310 e. The Labute approximate surface area is 122 Å². The highest BCUT2D eigenvalue weighted by Crippen LogP contribution is 2.28. The van der Waals surface area contributed by atoms with Crippen LogP contribution in [0.2, 0.25) is 0 Å². The highest BCUT2D eigenvalue weighted by atomic mass is 19.1. The predicted molar refractivity (Wildman–Crippen MR) is 77.6 cm³/mol. The third kappa shape index (κ3) is 6.29. The molecule has 0 aromatic carbocycles. The zero-order chi connectivity index (χ0) is 16.6. The van der Waals surface area contributed by atoms with Crippen LogP contribution in [0.1, 0.15) is 27.7 Å². The van der Waals surface area contributed by atoms with Crippen molar-refractivity contribution >= 4 is 5.97 Å². The third-order valence-corrected chi connectivity index (χ3v) is 2.67. The number of carboxylic acids is 1. The summed E-state index contributed by atoms with van der Waals surface area (Å²) < 4.78 is 41.2. The number of hydrogen-bond acceptors (Lipinski definition) is 1. The number of hydrogen-bond donors (Lipinski definition) is 1. The molecule has 0 amide bonds. The van der Waals surface area contributed by atoms with Gasteiger partial charge >= 0.3 is 5.97 Å². The van der Waals surface area contributed by atoms with Crippen molar-refractivity contribution in [1.82, 2.24) is 0 Å². The molecule has 116 valence electrons. The molecule has 0 fully saturated rings. The molecule has 0 aliphatic rings. The molecule has 1 unspecified atom stereocenters. The van der Waals surface area contributed by atoms with E-state index >= 15 is 0 Å². The van der Waals surface area contributed by atoms with Gasteiger partial charge in [-0.2, -0.15) is 0 Å². The van der Waals surface area contributed by atoms with Gasteiger partial charge in [0, 0.05) is 5.57 Å². The van der Waals surface area contributed by atoms with E-state index in [1.54, 1.807) is 13.0 Å². The molecule has 2 nitrogen and oxygen atoms in total. The van der Waals surface area contributed by atoms with Crippen LogP contribution >= 0.6 is 0 Å². The van der Waals surface area contributed by atoms with Crippen LogP contribution in [0, 0.1) is 5.92 Å². The molecule has 0 aromatic rings. The minimum Gasteiger partial charge on any atom is -0.481 e. The van der Waals surface area contributed by atoms with E-state index in [1.807, 2.05) is 0 Å². The first-order valence-corrected chi connectivity index (χ1v) is 6.35. The molecule has 0 radical (unpaired) electrons. The Morgan fingerprint density at radius 2 is 1.76 bits per heavy atom. The maximum atomic E-state index is 13.9. The van der Waals surface area contributed by atoms with Crippen LogP contribution in [0.15, 0.2) is 59.0 Å². The fourth-order valence-electron chi connectivity index (χ4n) is 1.42. The zero-order valence-corrected chi connectivity index (χ0v) is 12.5. The van der Waals surface area contributed by atoms with Crippen LogP contribution in [0.5, 0.6) is 0 Å². The Morgan fingerprint density at radius 1 is 1.19 bits per heavy atom. The van der Waals surface area contributed by atoms with Gasteiger partial charge in [0.2, 0.25) is 0 Å². The lowest BCUT2D eigenvalue weighted by atomic mass is 10.0. The summed E-state index contributed by atoms with van der Waals surface area (Å²) in [5.41, 5.74) is -0.708. The highest BCUT2D eigenvalue weighted by Gasteiger charge is 2.15. The molecule has 0 aliphatic heterocycles. The van der Waals surface area contributed by atoms with Crippen LogP contribution < -0.4 is 0 Å². The molecule has 0 saturated carbocycles. The van der Waals surface area contributed by atoms with Crippen LogP contribution in [-0.4, -0.2) is 11.1 Å². The van der Waals surface area contributed by atoms with Crippen LogP contribution in [-0.2, 0) is 4.79 Å². The van der Waals surface area contributed by atoms with E-state index in [0.29, 0.717) is 0 Å². The standard InChI is InChI=1S/C16H19F3O2/c1-5-6-7-14(19)15(12(4)17)11(3)13(18)9-8-10(2)16(20)21/h5-10H,1-4H3,(H,20,21)/b6-5+,9-8-,13-11-,14-7+,15-12+. The van der Waals surface area contributed by atoms with Gasteiger partial charge in [0.1, 0.15) is 17.5 Å². The second kappa shape index (κ2) is 9.00. The highest BCUT2D eigenvalue weighted by molar-refractivity contribution is 5.71. The van der Waals surface area contributed by atoms with Gasteiger partial charge in [-0.15, -0.1) is 0 Å². The van der Waals surface area contributed by atoms with Crippen molar-refractivity contribution in [2.45, 2.75) is 27.7 Å². The summed E-state index contributed by atoms with van der Waals surface area (Å²) in [6.45, 7) is 5.28. The fourth-order valence-corrected chi connectivity index (χ4v) is 1.42. The summed E-state index contributed by atoms with van der Waals surface area (Å²) in [6, 6.07) is 0. The van der Waals surface area contributed by atoms with E-state index < -0.39 is 34.9 Å². The number of carboxylic acid groups (broad SMARTS) is 1. The van der Waals surface area contributed by atoms with Crippen molar-refractivity contribution in [2.75, 3.05) is 0 Å². The van der Waals surface area contributed by atoms with Crippen molar-refractivity contribution in [3.8, 4) is 0 Å². The molecule has 0 aromatic heterocycles. The molecule has 0 heterocycles. The Hall–Kier alpha value is -2.04. The van der Waals surface area contributed by atoms with Crippen molar-refractivity contribution < 1.29 is 23.1 Å². The van der Waals surface area contributed by atoms with Gasteiger partial charge in [-0.25, -0.2) is 13.2 Å². The summed E-state index contributed by atoms with van der Waals surface area (Å²) in [7, 11) is 0. The number of allylic oxidation sites excluding steroid dienone is 9. The van der Waals surface area contributed by atoms with Crippen molar-refractivity contribution in [1.29, 1.82) is 0 Å². The van der Waals surface area contributed by atoms with Gasteiger partial charge in [-0.1, -0.05) is 18.2 Å². The molecule has 0 spiro atoms. The lowest BCUT2D eigenvalue weighted by Gasteiger charge is -2.07. The molecular weight excluding hydrogens is 281 g/mol. The number of rotatable bonds is 6. The maximum absolute atomic E-state index is 13.9. The van der Waals surface area contributed by atoms with E-state index in [9.17, 15) is 18.0 Å². The van der Waals surface area contributed by atoms with E-state index in [2.05, 4.69) is 0 Å². The van der Waals surface area contributed by atoms with Gasteiger partial charge in [0.05, 0.1) is 5.92 Å². The second-order valence-electron chi connectivity index (χ2n) is 4.41. The average Bonchev–Trinajstić information content (AvgIpc) is 2.41. The number of carbonyl (C=O) groups is 1. The Bertz CT molecular complexity index is 534. The lowest BCUT2D eigenvalue weighted by molar-refractivity contribution is -0.139. The first kappa shape index (κ1) is 19.0.